The molecule has 2 unspecified atom stereocenters. The van der Waals surface area contributed by atoms with Crippen molar-refractivity contribution in [3.05, 3.63) is 20.8 Å². The van der Waals surface area contributed by atoms with Gasteiger partial charge in [-0.05, 0) is 33.3 Å². The Labute approximate surface area is 112 Å². The number of carboxylic acids is 1. The molecule has 1 aromatic rings. The Morgan fingerprint density at radius 3 is 2.65 bits per heavy atom. The van der Waals surface area contributed by atoms with E-state index in [0.717, 1.165) is 0 Å². The van der Waals surface area contributed by atoms with E-state index in [2.05, 4.69) is 21.2 Å². The highest BCUT2D eigenvalue weighted by atomic mass is 79.9. The zero-order valence-corrected chi connectivity index (χ0v) is 12.0. The van der Waals surface area contributed by atoms with Crippen molar-refractivity contribution in [3.8, 4) is 0 Å². The number of hydrogen-bond acceptors (Lipinski definition) is 3. The van der Waals surface area contributed by atoms with Crippen LogP contribution in [0.4, 0.5) is 0 Å². The summed E-state index contributed by atoms with van der Waals surface area (Å²) in [5.41, 5.74) is 0. The smallest absolute Gasteiger partial charge is 0.326 e. The van der Waals surface area contributed by atoms with E-state index < -0.39 is 12.0 Å². The van der Waals surface area contributed by atoms with Crippen molar-refractivity contribution < 1.29 is 14.7 Å². The van der Waals surface area contributed by atoms with Gasteiger partial charge in [-0.25, -0.2) is 4.79 Å². The maximum absolute atomic E-state index is 11.9. The molecule has 0 saturated carbocycles. The van der Waals surface area contributed by atoms with Crippen LogP contribution in [0.15, 0.2) is 15.9 Å². The third-order valence-corrected chi connectivity index (χ3v) is 4.43. The summed E-state index contributed by atoms with van der Waals surface area (Å²) in [6.45, 7) is 3.70. The van der Waals surface area contributed by atoms with Gasteiger partial charge < -0.3 is 10.4 Å². The molecule has 1 aromatic heterocycles. The zero-order valence-electron chi connectivity index (χ0n) is 9.57. The lowest BCUT2D eigenvalue weighted by Gasteiger charge is -2.19. The van der Waals surface area contributed by atoms with Crippen molar-refractivity contribution in [3.63, 3.8) is 0 Å². The summed E-state index contributed by atoms with van der Waals surface area (Å²) in [6, 6.07) is 0.917. The van der Waals surface area contributed by atoms with Crippen LogP contribution in [0.2, 0.25) is 0 Å². The zero-order chi connectivity index (χ0) is 13.0. The maximum atomic E-state index is 11.9. The van der Waals surface area contributed by atoms with Gasteiger partial charge in [-0.15, -0.1) is 11.3 Å². The van der Waals surface area contributed by atoms with Crippen LogP contribution in [-0.4, -0.2) is 23.0 Å². The first kappa shape index (κ1) is 14.2. The lowest BCUT2D eigenvalue weighted by atomic mass is 9.99. The van der Waals surface area contributed by atoms with Gasteiger partial charge in [0.1, 0.15) is 10.9 Å². The number of carbonyl (C=O) groups excluding carboxylic acids is 1. The average molecular weight is 320 g/mol. The first-order chi connectivity index (χ1) is 7.97. The molecule has 0 saturated heterocycles. The van der Waals surface area contributed by atoms with E-state index >= 15 is 0 Å². The number of carboxylic acid groups (broad SMARTS) is 1. The van der Waals surface area contributed by atoms with E-state index in [-0.39, 0.29) is 11.8 Å². The van der Waals surface area contributed by atoms with Crippen molar-refractivity contribution in [2.45, 2.75) is 26.3 Å². The van der Waals surface area contributed by atoms with Gasteiger partial charge in [0.05, 0.1) is 0 Å². The predicted octanol–water partition coefficient (Wildman–Crippen LogP) is 2.74. The number of carbonyl (C=O) groups is 2. The van der Waals surface area contributed by atoms with Crippen molar-refractivity contribution in [2.75, 3.05) is 0 Å². The fourth-order valence-electron chi connectivity index (χ4n) is 1.35. The number of aliphatic carboxylic acids is 1. The second-order valence-corrected chi connectivity index (χ2v) is 5.54. The summed E-state index contributed by atoms with van der Waals surface area (Å²) >= 11 is 4.53. The first-order valence-corrected chi connectivity index (χ1v) is 6.91. The molecule has 0 aromatic carbocycles. The molecule has 1 rings (SSSR count). The molecule has 94 valence electrons. The molecule has 1 amide bonds. The van der Waals surface area contributed by atoms with Gasteiger partial charge in [-0.3, -0.25) is 4.79 Å². The Hall–Kier alpha value is -0.880. The highest BCUT2D eigenvalue weighted by Gasteiger charge is 2.26. The summed E-state index contributed by atoms with van der Waals surface area (Å²) in [7, 11) is 0. The van der Waals surface area contributed by atoms with Crippen LogP contribution in [0.25, 0.3) is 0 Å². The predicted molar refractivity (Wildman–Crippen MR) is 70.4 cm³/mol. The van der Waals surface area contributed by atoms with Crippen molar-refractivity contribution in [1.82, 2.24) is 5.32 Å². The van der Waals surface area contributed by atoms with E-state index in [1.54, 1.807) is 11.4 Å². The fourth-order valence-corrected chi connectivity index (χ4v) is 2.80. The molecule has 0 bridgehead atoms. The topological polar surface area (TPSA) is 66.4 Å². The standard InChI is InChI=1S/C11H14BrNO3S/c1-3-6(2)8(11(15)16)13-10(14)9-7(12)4-5-17-9/h4-6,8H,3H2,1-2H3,(H,13,14)(H,15,16). The number of hydrogen-bond donors (Lipinski definition) is 2. The molecule has 0 aliphatic rings. The third-order valence-electron chi connectivity index (χ3n) is 2.59. The minimum absolute atomic E-state index is 0.102. The van der Waals surface area contributed by atoms with Gasteiger partial charge in [0, 0.05) is 4.47 Å². The lowest BCUT2D eigenvalue weighted by Crippen LogP contribution is -2.44. The molecule has 2 N–H and O–H groups in total. The summed E-state index contributed by atoms with van der Waals surface area (Å²) in [4.78, 5) is 23.4. The molecule has 0 fully saturated rings. The summed E-state index contributed by atoms with van der Waals surface area (Å²) in [6.07, 6.45) is 0.697. The highest BCUT2D eigenvalue weighted by Crippen LogP contribution is 2.22. The number of rotatable bonds is 5. The molecule has 0 aliphatic heterocycles. The molecule has 0 aliphatic carbocycles. The lowest BCUT2D eigenvalue weighted by molar-refractivity contribution is -0.140. The second-order valence-electron chi connectivity index (χ2n) is 3.77. The monoisotopic (exact) mass is 319 g/mol. The van der Waals surface area contributed by atoms with Crippen LogP contribution in [0.3, 0.4) is 0 Å². The Balaban J connectivity index is 2.78. The number of halogens is 1. The first-order valence-electron chi connectivity index (χ1n) is 5.24. The van der Waals surface area contributed by atoms with Gasteiger partial charge >= 0.3 is 5.97 Å². The van der Waals surface area contributed by atoms with Crippen LogP contribution in [0, 0.1) is 5.92 Å². The third kappa shape index (κ3) is 3.54. The summed E-state index contributed by atoms with van der Waals surface area (Å²) in [5, 5.41) is 13.4. The number of nitrogens with one attached hydrogen (secondary N) is 1. The van der Waals surface area contributed by atoms with Crippen LogP contribution in [0.1, 0.15) is 29.9 Å². The minimum atomic E-state index is -1.000. The van der Waals surface area contributed by atoms with E-state index in [1.165, 1.54) is 11.3 Å². The van der Waals surface area contributed by atoms with Gasteiger partial charge in [0.25, 0.3) is 5.91 Å². The fraction of sp³-hybridized carbons (Fsp3) is 0.455. The molecular formula is C11H14BrNO3S. The van der Waals surface area contributed by atoms with Crippen LogP contribution >= 0.6 is 27.3 Å². The van der Waals surface area contributed by atoms with Crippen molar-refractivity contribution in [2.24, 2.45) is 5.92 Å². The molecule has 0 radical (unpaired) electrons. The van der Waals surface area contributed by atoms with Gasteiger partial charge in [-0.1, -0.05) is 20.3 Å². The molecule has 1 heterocycles. The Morgan fingerprint density at radius 1 is 1.59 bits per heavy atom. The SMILES string of the molecule is CCC(C)C(NC(=O)c1sccc1Br)C(=O)O. The largest absolute Gasteiger partial charge is 0.480 e. The summed E-state index contributed by atoms with van der Waals surface area (Å²) < 4.78 is 0.688. The second kappa shape index (κ2) is 6.16. The van der Waals surface area contributed by atoms with Crippen LogP contribution in [0.5, 0.6) is 0 Å². The van der Waals surface area contributed by atoms with Crippen LogP contribution < -0.4 is 5.32 Å². The molecule has 17 heavy (non-hydrogen) atoms. The highest BCUT2D eigenvalue weighted by molar-refractivity contribution is 9.10. The molecule has 6 heteroatoms. The van der Waals surface area contributed by atoms with E-state index in [9.17, 15) is 9.59 Å². The summed E-state index contributed by atoms with van der Waals surface area (Å²) in [5.74, 6) is -1.45. The van der Waals surface area contributed by atoms with E-state index in [0.29, 0.717) is 15.8 Å². The minimum Gasteiger partial charge on any atom is -0.480 e. The Morgan fingerprint density at radius 2 is 2.24 bits per heavy atom. The normalized spacial score (nSPS) is 14.1. The number of thiophene rings is 1. The Bertz CT molecular complexity index is 419. The van der Waals surface area contributed by atoms with E-state index in [4.69, 9.17) is 5.11 Å². The average Bonchev–Trinajstić information content (AvgIpc) is 2.70. The molecule has 4 nitrogen and oxygen atoms in total. The van der Waals surface area contributed by atoms with Crippen molar-refractivity contribution >= 4 is 39.1 Å². The Kier molecular flexibility index (Phi) is 5.14. The quantitative estimate of drug-likeness (QED) is 0.877. The van der Waals surface area contributed by atoms with Gasteiger partial charge in [0.15, 0.2) is 0 Å². The van der Waals surface area contributed by atoms with Gasteiger partial charge in [0.2, 0.25) is 0 Å². The van der Waals surface area contributed by atoms with Gasteiger partial charge in [-0.2, -0.15) is 0 Å². The maximum Gasteiger partial charge on any atom is 0.326 e. The molecular weight excluding hydrogens is 306 g/mol. The van der Waals surface area contributed by atoms with Crippen molar-refractivity contribution in [1.29, 1.82) is 0 Å². The molecule has 2 atom stereocenters. The van der Waals surface area contributed by atoms with E-state index in [1.807, 2.05) is 13.8 Å². The number of amides is 1. The molecule has 0 spiro atoms. The van der Waals surface area contributed by atoms with Crippen LogP contribution in [-0.2, 0) is 4.79 Å².